The van der Waals surface area contributed by atoms with E-state index in [4.69, 9.17) is 13.6 Å². The molecule has 1 aromatic heterocycles. The molecule has 0 spiro atoms. The fourth-order valence-corrected chi connectivity index (χ4v) is 9.04. The number of ether oxygens (including phenoxy) is 1. The topological polar surface area (TPSA) is 47.9 Å². The van der Waals surface area contributed by atoms with Gasteiger partial charge in [0, 0.05) is 27.2 Å². The largest absolute Gasteiger partial charge is 0.412 e. The molecule has 1 aliphatic rings. The smallest absolute Gasteiger partial charge is 0.221 e. The Morgan fingerprint density at radius 2 is 1.61 bits per heavy atom. The van der Waals surface area contributed by atoms with Crippen molar-refractivity contribution in [3.63, 3.8) is 0 Å². The maximum absolute atomic E-state index is 13.5. The molecule has 0 bridgehead atoms. The van der Waals surface area contributed by atoms with Crippen molar-refractivity contribution in [2.75, 3.05) is 0 Å². The standard InChI is InChI=1S/C33H47FO4SSi2/c1-11-28-23(4)31(37-40(5,6)7)32(38-41(8,9)10)33(35,36-28)25-15-12-21(2)27(20-25)22(3)29-18-19-30(39-29)24-13-16-26(34)17-14-24/h12-20,22-23,28,31-32,35H,11H2,1-10H3/t22?,23-,28-,31+,32-,33+/m1/s1. The molecule has 4 rings (SSSR count). The highest BCUT2D eigenvalue weighted by atomic mass is 32.1. The normalized spacial score (nSPS) is 26.2. The van der Waals surface area contributed by atoms with E-state index in [1.165, 1.54) is 17.0 Å². The van der Waals surface area contributed by atoms with Crippen LogP contribution < -0.4 is 0 Å². The number of thiophene rings is 1. The summed E-state index contributed by atoms with van der Waals surface area (Å²) in [7, 11) is -4.07. The Morgan fingerprint density at radius 1 is 0.976 bits per heavy atom. The fraction of sp³-hybridized carbons (Fsp3) is 0.515. The molecule has 224 valence electrons. The fourth-order valence-electron chi connectivity index (χ4n) is 5.75. The minimum Gasteiger partial charge on any atom is -0.412 e. The number of rotatable bonds is 9. The van der Waals surface area contributed by atoms with E-state index >= 15 is 0 Å². The number of benzene rings is 2. The van der Waals surface area contributed by atoms with Gasteiger partial charge in [-0.3, -0.25) is 0 Å². The summed E-state index contributed by atoms with van der Waals surface area (Å²) >= 11 is 1.71. The predicted octanol–water partition coefficient (Wildman–Crippen LogP) is 9.04. The second-order valence-corrected chi connectivity index (χ2v) is 23.5. The lowest BCUT2D eigenvalue weighted by Crippen LogP contribution is -2.64. The molecule has 1 aliphatic heterocycles. The maximum atomic E-state index is 13.5. The van der Waals surface area contributed by atoms with Gasteiger partial charge in [-0.2, -0.15) is 0 Å². The summed E-state index contributed by atoms with van der Waals surface area (Å²) in [6, 6.07) is 17.1. The van der Waals surface area contributed by atoms with Crippen molar-refractivity contribution in [2.24, 2.45) is 5.92 Å². The molecular formula is C33H47FO4SSi2. The van der Waals surface area contributed by atoms with Gasteiger partial charge < -0.3 is 18.7 Å². The van der Waals surface area contributed by atoms with Crippen LogP contribution in [0.1, 0.15) is 54.7 Å². The lowest BCUT2D eigenvalue weighted by molar-refractivity contribution is -0.339. The Hall–Kier alpha value is -1.66. The van der Waals surface area contributed by atoms with Gasteiger partial charge in [-0.05, 0) is 99.6 Å². The van der Waals surface area contributed by atoms with Crippen LogP contribution in [0.25, 0.3) is 10.4 Å². The zero-order chi connectivity index (χ0) is 30.3. The Morgan fingerprint density at radius 3 is 2.20 bits per heavy atom. The Bertz CT molecular complexity index is 1330. The number of aryl methyl sites for hydroxylation is 1. The van der Waals surface area contributed by atoms with Crippen LogP contribution in [0.15, 0.2) is 54.6 Å². The van der Waals surface area contributed by atoms with Gasteiger partial charge in [-0.1, -0.05) is 45.0 Å². The first kappa shape index (κ1) is 32.3. The maximum Gasteiger partial charge on any atom is 0.221 e. The summed E-state index contributed by atoms with van der Waals surface area (Å²) in [4.78, 5) is 2.31. The Labute approximate surface area is 252 Å². The molecule has 0 saturated carbocycles. The molecule has 8 heteroatoms. The number of hydrogen-bond donors (Lipinski definition) is 1. The summed E-state index contributed by atoms with van der Waals surface area (Å²) in [6.45, 7) is 21.6. The van der Waals surface area contributed by atoms with E-state index in [0.29, 0.717) is 5.56 Å². The van der Waals surface area contributed by atoms with Gasteiger partial charge in [0.15, 0.2) is 16.6 Å². The molecule has 1 saturated heterocycles. The first-order valence-electron chi connectivity index (χ1n) is 14.7. The molecule has 2 heterocycles. The number of hydrogen-bond acceptors (Lipinski definition) is 5. The van der Waals surface area contributed by atoms with Crippen LogP contribution in [0.2, 0.25) is 39.3 Å². The Balaban J connectivity index is 1.76. The minimum atomic E-state index is -2.10. The van der Waals surface area contributed by atoms with E-state index in [0.717, 1.165) is 28.0 Å². The quantitative estimate of drug-likeness (QED) is 0.244. The summed E-state index contributed by atoms with van der Waals surface area (Å²) < 4.78 is 33.7. The molecule has 1 N–H and O–H groups in total. The second-order valence-electron chi connectivity index (χ2n) is 13.5. The zero-order valence-corrected chi connectivity index (χ0v) is 29.1. The van der Waals surface area contributed by atoms with Crippen molar-refractivity contribution < 1.29 is 23.1 Å². The molecule has 0 amide bonds. The van der Waals surface area contributed by atoms with Gasteiger partial charge in [-0.25, -0.2) is 4.39 Å². The average Bonchev–Trinajstić information content (AvgIpc) is 3.37. The predicted molar refractivity (Wildman–Crippen MR) is 173 cm³/mol. The van der Waals surface area contributed by atoms with Crippen LogP contribution in [-0.4, -0.2) is 40.1 Å². The van der Waals surface area contributed by atoms with Crippen molar-refractivity contribution in [1.29, 1.82) is 0 Å². The average molecular weight is 615 g/mol. The van der Waals surface area contributed by atoms with Crippen molar-refractivity contribution in [3.8, 4) is 10.4 Å². The zero-order valence-electron chi connectivity index (χ0n) is 26.2. The van der Waals surface area contributed by atoms with Gasteiger partial charge in [0.25, 0.3) is 0 Å². The van der Waals surface area contributed by atoms with E-state index in [9.17, 15) is 9.50 Å². The molecule has 1 fully saturated rings. The van der Waals surface area contributed by atoms with Crippen LogP contribution in [-0.2, 0) is 19.4 Å². The molecule has 0 radical (unpaired) electrons. The third-order valence-corrected chi connectivity index (χ3v) is 11.1. The molecule has 6 atom stereocenters. The van der Waals surface area contributed by atoms with Gasteiger partial charge in [0.1, 0.15) is 11.9 Å². The second kappa shape index (κ2) is 12.1. The lowest BCUT2D eigenvalue weighted by Gasteiger charge is -2.53. The van der Waals surface area contributed by atoms with Crippen LogP contribution in [0.5, 0.6) is 0 Å². The van der Waals surface area contributed by atoms with Crippen LogP contribution in [0.3, 0.4) is 0 Å². The van der Waals surface area contributed by atoms with E-state index in [2.05, 4.69) is 91.2 Å². The molecule has 41 heavy (non-hydrogen) atoms. The van der Waals surface area contributed by atoms with E-state index in [1.54, 1.807) is 11.3 Å². The first-order valence-corrected chi connectivity index (χ1v) is 22.4. The van der Waals surface area contributed by atoms with E-state index in [-0.39, 0.29) is 29.9 Å². The van der Waals surface area contributed by atoms with Gasteiger partial charge in [-0.15, -0.1) is 11.3 Å². The lowest BCUT2D eigenvalue weighted by atomic mass is 9.81. The molecule has 2 aromatic carbocycles. The molecule has 4 nitrogen and oxygen atoms in total. The highest BCUT2D eigenvalue weighted by molar-refractivity contribution is 7.15. The van der Waals surface area contributed by atoms with Crippen LogP contribution in [0.4, 0.5) is 4.39 Å². The summed E-state index contributed by atoms with van der Waals surface area (Å²) in [5, 5.41) is 12.6. The molecule has 3 aromatic rings. The van der Waals surface area contributed by atoms with E-state index < -0.39 is 28.5 Å². The Kier molecular flexibility index (Phi) is 9.56. The molecule has 0 aliphatic carbocycles. The van der Waals surface area contributed by atoms with Gasteiger partial charge >= 0.3 is 0 Å². The van der Waals surface area contributed by atoms with Crippen molar-refractivity contribution >= 4 is 28.0 Å². The number of aliphatic hydroxyl groups is 1. The minimum absolute atomic E-state index is 0.0770. The monoisotopic (exact) mass is 614 g/mol. The molecular weight excluding hydrogens is 568 g/mol. The van der Waals surface area contributed by atoms with Crippen LogP contribution >= 0.6 is 11.3 Å². The summed E-state index contributed by atoms with van der Waals surface area (Å²) in [6.07, 6.45) is -0.322. The third-order valence-electron chi connectivity index (χ3n) is 7.83. The van der Waals surface area contributed by atoms with Gasteiger partial charge in [0.05, 0.1) is 12.2 Å². The van der Waals surface area contributed by atoms with Crippen LogP contribution in [0, 0.1) is 18.7 Å². The van der Waals surface area contributed by atoms with E-state index in [1.807, 2.05) is 18.2 Å². The third kappa shape index (κ3) is 7.29. The van der Waals surface area contributed by atoms with Crippen molar-refractivity contribution in [3.05, 3.63) is 82.0 Å². The number of halogens is 1. The highest BCUT2D eigenvalue weighted by Gasteiger charge is 2.56. The summed E-state index contributed by atoms with van der Waals surface area (Å²) in [5.74, 6) is -1.71. The van der Waals surface area contributed by atoms with Crippen molar-refractivity contribution in [2.45, 2.75) is 103 Å². The first-order chi connectivity index (χ1) is 19.0. The summed E-state index contributed by atoms with van der Waals surface area (Å²) in [5.41, 5.74) is 3.99. The SMILES string of the molecule is CC[C@H]1O[C@@](O)(c2ccc(C)c(C(C)c3ccc(-c4ccc(F)cc4)s3)c2)[C@H](O[Si](C)(C)C)[C@@H](O[Si](C)(C)C)[C@@H]1C. The molecule has 1 unspecified atom stereocenters. The van der Waals surface area contributed by atoms with Crippen molar-refractivity contribution in [1.82, 2.24) is 0 Å². The van der Waals surface area contributed by atoms with Gasteiger partial charge in [0.2, 0.25) is 5.79 Å². The highest BCUT2D eigenvalue weighted by Crippen LogP contribution is 2.46.